The van der Waals surface area contributed by atoms with Crippen LogP contribution >= 0.6 is 11.6 Å². The lowest BCUT2D eigenvalue weighted by molar-refractivity contribution is 0.0915. The van der Waals surface area contributed by atoms with E-state index in [0.717, 1.165) is 0 Å². The minimum atomic E-state index is -0.451. The Morgan fingerprint density at radius 1 is 1.39 bits per heavy atom. The molecule has 0 bridgehead atoms. The van der Waals surface area contributed by atoms with Crippen LogP contribution in [0.5, 0.6) is 0 Å². The second-order valence-electron chi connectivity index (χ2n) is 5.05. The van der Waals surface area contributed by atoms with E-state index in [2.05, 4.69) is 10.3 Å². The molecule has 2 heterocycles. The molecule has 0 radical (unpaired) electrons. The molecule has 1 unspecified atom stereocenters. The van der Waals surface area contributed by atoms with E-state index < -0.39 is 12.2 Å². The molecule has 1 aromatic carbocycles. The second-order valence-corrected chi connectivity index (χ2v) is 5.48. The van der Waals surface area contributed by atoms with Crippen LogP contribution in [0.3, 0.4) is 0 Å². The van der Waals surface area contributed by atoms with Crippen molar-refractivity contribution in [2.75, 3.05) is 18.0 Å². The van der Waals surface area contributed by atoms with E-state index in [9.17, 15) is 9.59 Å². The molecule has 2 aromatic rings. The molecular formula is C16H14ClN3O3. The quantitative estimate of drug-likeness (QED) is 0.934. The van der Waals surface area contributed by atoms with Crippen molar-refractivity contribution in [2.24, 2.45) is 0 Å². The number of nitrogens with one attached hydrogen (secondary N) is 1. The highest BCUT2D eigenvalue weighted by molar-refractivity contribution is 6.30. The van der Waals surface area contributed by atoms with E-state index in [1.54, 1.807) is 42.6 Å². The number of anilines is 1. The number of aromatic nitrogens is 1. The molecule has 6 nitrogen and oxygen atoms in total. The summed E-state index contributed by atoms with van der Waals surface area (Å²) in [5.41, 5.74) is 1.13. The van der Waals surface area contributed by atoms with Gasteiger partial charge in [0.1, 0.15) is 6.10 Å². The number of carbonyl (C=O) groups excluding carboxylic acids is 2. The van der Waals surface area contributed by atoms with Crippen LogP contribution in [-0.2, 0) is 4.74 Å². The molecule has 0 aliphatic carbocycles. The van der Waals surface area contributed by atoms with Crippen molar-refractivity contribution >= 4 is 29.3 Å². The van der Waals surface area contributed by atoms with E-state index in [0.29, 0.717) is 22.8 Å². The largest absolute Gasteiger partial charge is 0.442 e. The maximum Gasteiger partial charge on any atom is 0.414 e. The van der Waals surface area contributed by atoms with E-state index in [4.69, 9.17) is 16.3 Å². The van der Waals surface area contributed by atoms with Crippen LogP contribution in [0.15, 0.2) is 48.8 Å². The Morgan fingerprint density at radius 3 is 3.00 bits per heavy atom. The standard InChI is InChI=1S/C16H14ClN3O3/c17-12-4-1-5-13(7-12)20-10-14(23-16(20)22)9-19-15(21)11-3-2-6-18-8-11/h1-8,14H,9-10H2,(H,19,21). The third-order valence-corrected chi connectivity index (χ3v) is 3.64. The van der Waals surface area contributed by atoms with Gasteiger partial charge >= 0.3 is 6.09 Å². The maximum absolute atomic E-state index is 12.0. The number of pyridine rings is 1. The van der Waals surface area contributed by atoms with E-state index in [1.165, 1.54) is 11.1 Å². The SMILES string of the molecule is O=C(NCC1CN(c2cccc(Cl)c2)C(=O)O1)c1cccnc1. The van der Waals surface area contributed by atoms with Gasteiger partial charge in [-0.15, -0.1) is 0 Å². The van der Waals surface area contributed by atoms with Gasteiger partial charge in [-0.1, -0.05) is 17.7 Å². The second kappa shape index (κ2) is 6.66. The number of benzene rings is 1. The van der Waals surface area contributed by atoms with Gasteiger partial charge in [0.2, 0.25) is 0 Å². The normalized spacial score (nSPS) is 17.0. The molecule has 118 valence electrons. The number of amides is 2. The third kappa shape index (κ3) is 3.60. The Morgan fingerprint density at radius 2 is 2.26 bits per heavy atom. The van der Waals surface area contributed by atoms with Gasteiger partial charge in [0, 0.05) is 23.1 Å². The fourth-order valence-corrected chi connectivity index (χ4v) is 2.47. The molecule has 7 heteroatoms. The zero-order chi connectivity index (χ0) is 16.2. The fraction of sp³-hybridized carbons (Fsp3) is 0.188. The molecule has 0 spiro atoms. The number of ether oxygens (including phenoxy) is 1. The first-order chi connectivity index (χ1) is 11.1. The highest BCUT2D eigenvalue weighted by Crippen LogP contribution is 2.24. The number of hydrogen-bond donors (Lipinski definition) is 1. The zero-order valence-corrected chi connectivity index (χ0v) is 12.9. The molecule has 3 rings (SSSR count). The van der Waals surface area contributed by atoms with Crippen LogP contribution in [0, 0.1) is 0 Å². The summed E-state index contributed by atoms with van der Waals surface area (Å²) in [6, 6.07) is 10.3. The van der Waals surface area contributed by atoms with Crippen molar-refractivity contribution in [3.63, 3.8) is 0 Å². The summed E-state index contributed by atoms with van der Waals surface area (Å²) in [6.07, 6.45) is 2.21. The molecule has 1 aliphatic heterocycles. The highest BCUT2D eigenvalue weighted by atomic mass is 35.5. The van der Waals surface area contributed by atoms with Crippen molar-refractivity contribution in [2.45, 2.75) is 6.10 Å². The minimum absolute atomic E-state index is 0.233. The van der Waals surface area contributed by atoms with E-state index in [1.807, 2.05) is 0 Å². The Bertz CT molecular complexity index is 724. The van der Waals surface area contributed by atoms with Crippen LogP contribution in [0.2, 0.25) is 5.02 Å². The summed E-state index contributed by atoms with van der Waals surface area (Å²) in [7, 11) is 0. The maximum atomic E-state index is 12.0. The van der Waals surface area contributed by atoms with Crippen LogP contribution in [0.1, 0.15) is 10.4 Å². The van der Waals surface area contributed by atoms with Gasteiger partial charge in [-0.25, -0.2) is 4.79 Å². The van der Waals surface area contributed by atoms with E-state index in [-0.39, 0.29) is 12.5 Å². The predicted octanol–water partition coefficient (Wildman–Crippen LogP) is 2.49. The molecule has 0 saturated carbocycles. The number of rotatable bonds is 4. The van der Waals surface area contributed by atoms with Crippen LogP contribution < -0.4 is 10.2 Å². The Labute approximate surface area is 138 Å². The van der Waals surface area contributed by atoms with Crippen molar-refractivity contribution in [1.29, 1.82) is 0 Å². The summed E-state index contributed by atoms with van der Waals surface area (Å²) < 4.78 is 5.27. The Hall–Kier alpha value is -2.60. The Kier molecular flexibility index (Phi) is 4.43. The van der Waals surface area contributed by atoms with Crippen LogP contribution in [0.4, 0.5) is 10.5 Å². The van der Waals surface area contributed by atoms with Crippen molar-refractivity contribution < 1.29 is 14.3 Å². The number of cyclic esters (lactones) is 1. The topological polar surface area (TPSA) is 71.5 Å². The van der Waals surface area contributed by atoms with Gasteiger partial charge < -0.3 is 10.1 Å². The molecule has 23 heavy (non-hydrogen) atoms. The zero-order valence-electron chi connectivity index (χ0n) is 12.1. The Balaban J connectivity index is 1.59. The molecule has 1 aliphatic rings. The average molecular weight is 332 g/mol. The van der Waals surface area contributed by atoms with Gasteiger partial charge in [0.05, 0.1) is 18.7 Å². The van der Waals surface area contributed by atoms with Gasteiger partial charge in [0.25, 0.3) is 5.91 Å². The first-order valence-electron chi connectivity index (χ1n) is 7.05. The number of nitrogens with zero attached hydrogens (tertiary/aromatic N) is 2. The minimum Gasteiger partial charge on any atom is -0.442 e. The summed E-state index contributed by atoms with van der Waals surface area (Å²) in [4.78, 5) is 29.3. The van der Waals surface area contributed by atoms with Crippen molar-refractivity contribution in [3.05, 3.63) is 59.4 Å². The molecule has 1 aromatic heterocycles. The summed E-state index contributed by atoms with van der Waals surface area (Å²) >= 11 is 5.94. The number of halogens is 1. The molecule has 2 amide bonds. The number of hydrogen-bond acceptors (Lipinski definition) is 4. The van der Waals surface area contributed by atoms with Gasteiger partial charge in [0.15, 0.2) is 0 Å². The highest BCUT2D eigenvalue weighted by Gasteiger charge is 2.32. The van der Waals surface area contributed by atoms with Gasteiger partial charge in [-0.2, -0.15) is 0 Å². The van der Waals surface area contributed by atoms with E-state index >= 15 is 0 Å². The van der Waals surface area contributed by atoms with Crippen molar-refractivity contribution in [3.8, 4) is 0 Å². The smallest absolute Gasteiger partial charge is 0.414 e. The lowest BCUT2D eigenvalue weighted by Crippen LogP contribution is -2.34. The van der Waals surface area contributed by atoms with Crippen LogP contribution in [-0.4, -0.2) is 36.2 Å². The van der Waals surface area contributed by atoms with Crippen molar-refractivity contribution in [1.82, 2.24) is 10.3 Å². The molecule has 1 N–H and O–H groups in total. The van der Waals surface area contributed by atoms with Crippen LogP contribution in [0.25, 0.3) is 0 Å². The van der Waals surface area contributed by atoms with Gasteiger partial charge in [-0.05, 0) is 30.3 Å². The molecular weight excluding hydrogens is 318 g/mol. The first-order valence-corrected chi connectivity index (χ1v) is 7.43. The molecule has 1 saturated heterocycles. The summed E-state index contributed by atoms with van der Waals surface area (Å²) in [5, 5.41) is 3.28. The van der Waals surface area contributed by atoms with Gasteiger partial charge in [-0.3, -0.25) is 14.7 Å². The molecule has 1 fully saturated rings. The molecule has 1 atom stereocenters. The number of carbonyl (C=O) groups is 2. The third-order valence-electron chi connectivity index (χ3n) is 3.41. The lowest BCUT2D eigenvalue weighted by atomic mass is 10.2. The summed E-state index contributed by atoms with van der Waals surface area (Å²) in [5.74, 6) is -0.254. The monoisotopic (exact) mass is 331 g/mol. The first kappa shape index (κ1) is 15.3. The summed E-state index contributed by atoms with van der Waals surface area (Å²) in [6.45, 7) is 0.586. The fourth-order valence-electron chi connectivity index (χ4n) is 2.29. The average Bonchev–Trinajstić information content (AvgIpc) is 2.94. The predicted molar refractivity (Wildman–Crippen MR) is 85.6 cm³/mol. The lowest BCUT2D eigenvalue weighted by Gasteiger charge is -2.13.